The van der Waals surface area contributed by atoms with Crippen molar-refractivity contribution in [1.82, 2.24) is 9.78 Å². The van der Waals surface area contributed by atoms with Crippen molar-refractivity contribution in [3.05, 3.63) is 34.5 Å². The number of benzene rings is 1. The van der Waals surface area contributed by atoms with E-state index >= 15 is 0 Å². The lowest BCUT2D eigenvalue weighted by molar-refractivity contribution is 0.132. The third-order valence-electron chi connectivity index (χ3n) is 6.22. The van der Waals surface area contributed by atoms with Crippen molar-refractivity contribution in [3.63, 3.8) is 0 Å². The average molecular weight is 429 g/mol. The molecule has 2 heterocycles. The van der Waals surface area contributed by atoms with E-state index in [2.05, 4.69) is 20.8 Å². The van der Waals surface area contributed by atoms with Gasteiger partial charge in [0.1, 0.15) is 5.60 Å². The van der Waals surface area contributed by atoms with Gasteiger partial charge >= 0.3 is 6.03 Å². The van der Waals surface area contributed by atoms with E-state index in [0.29, 0.717) is 36.5 Å². The van der Waals surface area contributed by atoms with Gasteiger partial charge in [0.15, 0.2) is 0 Å². The molecule has 0 bridgehead atoms. The van der Waals surface area contributed by atoms with Gasteiger partial charge in [0.25, 0.3) is 0 Å². The number of carbonyl (C=O) groups excluding carboxylic acids is 1. The van der Waals surface area contributed by atoms with Crippen molar-refractivity contribution in [2.75, 3.05) is 19.0 Å². The molecule has 0 unspecified atom stereocenters. The Kier molecular flexibility index (Phi) is 4.94. The second-order valence-electron chi connectivity index (χ2n) is 8.99. The number of amides is 2. The summed E-state index contributed by atoms with van der Waals surface area (Å²) in [4.78, 5) is 13.6. The monoisotopic (exact) mass is 428 g/mol. The number of urea groups is 1. The molecule has 1 aromatic heterocycles. The largest absolute Gasteiger partial charge is 0.469 e. The number of ether oxygens (including phenoxy) is 2. The molecule has 0 radical (unpaired) electrons. The summed E-state index contributed by atoms with van der Waals surface area (Å²) < 4.78 is 17.5. The fraction of sp³-hybridized carbons (Fsp3) is 0.545. The van der Waals surface area contributed by atoms with Gasteiger partial charge in [-0.25, -0.2) is 9.48 Å². The molecule has 0 spiro atoms. The number of hydrogen-bond acceptors (Lipinski definition) is 4. The average Bonchev–Trinajstić information content (AvgIpc) is 3.44. The molecule has 5 rings (SSSR count). The van der Waals surface area contributed by atoms with Crippen molar-refractivity contribution in [2.45, 2.75) is 68.9 Å². The van der Waals surface area contributed by atoms with Crippen LogP contribution in [0.5, 0.6) is 5.88 Å². The van der Waals surface area contributed by atoms with Crippen molar-refractivity contribution in [2.24, 2.45) is 4.36 Å². The molecule has 30 heavy (non-hydrogen) atoms. The van der Waals surface area contributed by atoms with Gasteiger partial charge in [-0.05, 0) is 68.2 Å². The molecule has 2 amide bonds. The summed E-state index contributed by atoms with van der Waals surface area (Å²) in [5.74, 6) is 1.04. The van der Waals surface area contributed by atoms with Crippen molar-refractivity contribution < 1.29 is 14.3 Å². The van der Waals surface area contributed by atoms with Gasteiger partial charge in [-0.3, -0.25) is 0 Å². The predicted octanol–water partition coefficient (Wildman–Crippen LogP) is 3.81. The molecular formula is C22H28N4O3S. The molecular weight excluding hydrogens is 400 g/mol. The zero-order chi connectivity index (χ0) is 20.9. The third-order valence-corrected chi connectivity index (χ3v) is 7.03. The van der Waals surface area contributed by atoms with E-state index in [-0.39, 0.29) is 11.6 Å². The summed E-state index contributed by atoms with van der Waals surface area (Å²) in [6.07, 6.45) is 7.09. The van der Waals surface area contributed by atoms with Crippen LogP contribution >= 0.6 is 0 Å². The molecule has 1 aliphatic heterocycles. The topological polar surface area (TPSA) is 77.7 Å². The normalized spacial score (nSPS) is 21.1. The number of fused-ring (bicyclic) bond motifs is 3. The quantitative estimate of drug-likeness (QED) is 0.726. The number of methoxy groups -OCH3 is 1. The first-order chi connectivity index (χ1) is 14.4. The second-order valence-corrected chi connectivity index (χ2v) is 9.87. The summed E-state index contributed by atoms with van der Waals surface area (Å²) in [7, 11) is 1.74. The summed E-state index contributed by atoms with van der Waals surface area (Å²) in [6.45, 7) is 5.44. The Morgan fingerprint density at radius 2 is 2.27 bits per heavy atom. The van der Waals surface area contributed by atoms with Gasteiger partial charge < -0.3 is 14.8 Å². The van der Waals surface area contributed by atoms with Gasteiger partial charge in [-0.1, -0.05) is 17.6 Å². The van der Waals surface area contributed by atoms with Crippen LogP contribution in [0.1, 0.15) is 54.9 Å². The van der Waals surface area contributed by atoms with Crippen LogP contribution in [0.25, 0.3) is 0 Å². The van der Waals surface area contributed by atoms with Crippen LogP contribution < -0.4 is 10.1 Å². The Morgan fingerprint density at radius 1 is 1.40 bits per heavy atom. The summed E-state index contributed by atoms with van der Waals surface area (Å²) >= 11 is 0.546. The number of rotatable bonds is 4. The molecule has 1 aromatic carbocycles. The van der Waals surface area contributed by atoms with Crippen LogP contribution in [0.2, 0.25) is 0 Å². The van der Waals surface area contributed by atoms with Gasteiger partial charge in [-0.15, -0.1) is 0 Å². The summed E-state index contributed by atoms with van der Waals surface area (Å²) in [6, 6.07) is 2.03. The highest BCUT2D eigenvalue weighted by molar-refractivity contribution is 7.68. The van der Waals surface area contributed by atoms with Crippen molar-refractivity contribution in [1.29, 1.82) is 0 Å². The molecule has 2 aromatic rings. The summed E-state index contributed by atoms with van der Waals surface area (Å²) in [5.41, 5.74) is 5.99. The van der Waals surface area contributed by atoms with Gasteiger partial charge in [0.05, 0.1) is 24.2 Å². The number of hydrogen-bond donors (Lipinski definition) is 2. The maximum atomic E-state index is 12.8. The lowest BCUT2D eigenvalue weighted by Gasteiger charge is -2.19. The maximum absolute atomic E-state index is 12.8. The zero-order valence-corrected chi connectivity index (χ0v) is 18.6. The molecule has 8 heteroatoms. The number of anilines is 1. The van der Waals surface area contributed by atoms with Crippen LogP contribution in [0.15, 0.2) is 21.5 Å². The second kappa shape index (κ2) is 7.50. The van der Waals surface area contributed by atoms with E-state index in [1.54, 1.807) is 13.3 Å². The van der Waals surface area contributed by atoms with Crippen LogP contribution in [0.3, 0.4) is 0 Å². The number of nitrogens with zero attached hydrogens (tertiary/aromatic N) is 3. The summed E-state index contributed by atoms with van der Waals surface area (Å²) in [5, 5.41) is 7.50. The lowest BCUT2D eigenvalue weighted by Crippen LogP contribution is -2.26. The van der Waals surface area contributed by atoms with Gasteiger partial charge in [0, 0.05) is 18.7 Å². The van der Waals surface area contributed by atoms with Crippen LogP contribution in [-0.4, -0.2) is 35.1 Å². The molecule has 2 aliphatic carbocycles. The minimum atomic E-state index is -0.320. The lowest BCUT2D eigenvalue weighted by atomic mass is 9.94. The molecule has 1 N–H and O–H groups in total. The fourth-order valence-electron chi connectivity index (χ4n) is 5.02. The first-order valence-electron chi connectivity index (χ1n) is 10.6. The number of aromatic nitrogens is 2. The molecule has 0 saturated carbocycles. The van der Waals surface area contributed by atoms with E-state index in [9.17, 15) is 4.79 Å². The minimum Gasteiger partial charge on any atom is -0.469 e. The van der Waals surface area contributed by atoms with E-state index in [1.165, 1.54) is 22.3 Å². The Balaban J connectivity index is 1.41. The van der Waals surface area contributed by atoms with E-state index < -0.39 is 0 Å². The highest BCUT2D eigenvalue weighted by Gasteiger charge is 2.33. The number of aryl methyl sites for hydroxylation is 2. The Hall–Kier alpha value is -2.19. The Bertz CT molecular complexity index is 1040. The molecule has 1 atom stereocenters. The standard InChI is InChI=1S/C22H28N4O3S/c1-22(2)12-26-20(29-22)17(10-23-26)30-25-21(27)24-19-16-6-4-5-13(16)9-14-7-8-15(11-28-3)18(14)19/h9-10,15,30H,4-8,11-12H2,1-3H3,(H,24,27)/t15-/m0/s1. The molecule has 0 saturated heterocycles. The highest BCUT2D eigenvalue weighted by atomic mass is 32.1. The van der Waals surface area contributed by atoms with Gasteiger partial charge in [-0.2, -0.15) is 9.46 Å². The van der Waals surface area contributed by atoms with Crippen molar-refractivity contribution >= 4 is 23.3 Å². The third kappa shape index (κ3) is 3.46. The van der Waals surface area contributed by atoms with E-state index in [1.807, 2.05) is 18.5 Å². The first kappa shape index (κ1) is 19.8. The number of nitrogens with one attached hydrogen (secondary N) is 1. The highest BCUT2D eigenvalue weighted by Crippen LogP contribution is 2.44. The van der Waals surface area contributed by atoms with E-state index in [0.717, 1.165) is 42.7 Å². The number of carbonyl (C=O) groups is 1. The maximum Gasteiger partial charge on any atom is 0.351 e. The van der Waals surface area contributed by atoms with E-state index in [4.69, 9.17) is 9.47 Å². The van der Waals surface area contributed by atoms with Crippen molar-refractivity contribution in [3.8, 4) is 5.88 Å². The first-order valence-corrected chi connectivity index (χ1v) is 11.4. The van der Waals surface area contributed by atoms with Crippen LogP contribution in [0.4, 0.5) is 10.5 Å². The molecule has 160 valence electrons. The number of thiol groups is 1. The molecule has 3 aliphatic rings. The fourth-order valence-corrected chi connectivity index (χ4v) is 5.62. The Morgan fingerprint density at radius 3 is 3.10 bits per heavy atom. The smallest absolute Gasteiger partial charge is 0.351 e. The molecule has 7 nitrogen and oxygen atoms in total. The predicted molar refractivity (Wildman–Crippen MR) is 117 cm³/mol. The minimum absolute atomic E-state index is 0.280. The van der Waals surface area contributed by atoms with Crippen LogP contribution in [0, 0.1) is 0 Å². The zero-order valence-electron chi connectivity index (χ0n) is 17.7. The molecule has 0 fully saturated rings. The van der Waals surface area contributed by atoms with Crippen LogP contribution in [-0.2, 0) is 42.1 Å². The SMILES string of the molecule is COC[C@@H]1CCc2cc3c(c(NC(=O)/N=[SH]/c4cnn5c4OC(C)(C)C5)c21)CCC3. The van der Waals surface area contributed by atoms with Gasteiger partial charge in [0.2, 0.25) is 5.88 Å². The Labute approximate surface area is 180 Å².